The first-order chi connectivity index (χ1) is 10.3. The number of rotatable bonds is 4. The Morgan fingerprint density at radius 1 is 1.14 bits per heavy atom. The van der Waals surface area contributed by atoms with Crippen molar-refractivity contribution in [2.24, 2.45) is 0 Å². The second-order valence-corrected chi connectivity index (χ2v) is 6.37. The highest BCUT2D eigenvalue weighted by atomic mass is 32.1. The zero-order valence-corrected chi connectivity index (χ0v) is 13.6. The van der Waals surface area contributed by atoms with Crippen molar-refractivity contribution in [2.45, 2.75) is 26.8 Å². The van der Waals surface area contributed by atoms with Gasteiger partial charge >= 0.3 is 0 Å². The Kier molecular flexibility index (Phi) is 4.51. The third-order valence-electron chi connectivity index (χ3n) is 4.20. The molecule has 112 valence electrons. The minimum atomic E-state index is 0.993. The van der Waals surface area contributed by atoms with Gasteiger partial charge in [0.2, 0.25) is 0 Å². The highest BCUT2D eigenvalue weighted by Gasteiger charge is 2.19. The summed E-state index contributed by atoms with van der Waals surface area (Å²) in [6.45, 7) is 9.68. The molecule has 0 spiro atoms. The number of aromatic nitrogens is 2. The molecule has 1 aromatic heterocycles. The number of hydrogen-bond acceptors (Lipinski definition) is 5. The largest absolute Gasteiger partial charge is 0.369 e. The van der Waals surface area contributed by atoms with Crippen LogP contribution < -0.4 is 4.90 Å². The van der Waals surface area contributed by atoms with E-state index in [0.29, 0.717) is 0 Å². The maximum absolute atomic E-state index is 4.10. The Bertz CT molecular complexity index is 587. The van der Waals surface area contributed by atoms with Crippen LogP contribution in [0.25, 0.3) is 0 Å². The van der Waals surface area contributed by atoms with Gasteiger partial charge in [0.1, 0.15) is 0 Å². The number of hydrogen-bond donors (Lipinski definition) is 0. The molecule has 0 radical (unpaired) electrons. The number of aryl methyl sites for hydroxylation is 2. The number of benzene rings is 1. The Hall–Kier alpha value is -1.46. The van der Waals surface area contributed by atoms with Gasteiger partial charge in [0.15, 0.2) is 0 Å². The summed E-state index contributed by atoms with van der Waals surface area (Å²) in [5.41, 5.74) is 3.95. The molecule has 4 nitrogen and oxygen atoms in total. The number of anilines is 1. The van der Waals surface area contributed by atoms with Crippen molar-refractivity contribution >= 4 is 17.2 Å². The fourth-order valence-electron chi connectivity index (χ4n) is 2.86. The molecule has 5 heteroatoms. The average Bonchev–Trinajstić information content (AvgIpc) is 2.93. The lowest BCUT2D eigenvalue weighted by Crippen LogP contribution is -2.46. The molecule has 0 aliphatic carbocycles. The van der Waals surface area contributed by atoms with Crippen molar-refractivity contribution < 1.29 is 0 Å². The molecule has 1 aliphatic rings. The van der Waals surface area contributed by atoms with Gasteiger partial charge in [-0.25, -0.2) is 0 Å². The molecule has 0 atom stereocenters. The summed E-state index contributed by atoms with van der Waals surface area (Å²) < 4.78 is 4.03. The van der Waals surface area contributed by atoms with Crippen LogP contribution in [0.3, 0.4) is 0 Å². The van der Waals surface area contributed by atoms with Gasteiger partial charge in [-0.15, -0.1) is 5.10 Å². The molecule has 0 N–H and O–H groups in total. The Labute approximate surface area is 130 Å². The van der Waals surface area contributed by atoms with Crippen LogP contribution in [0.2, 0.25) is 0 Å². The van der Waals surface area contributed by atoms with E-state index in [0.717, 1.165) is 44.8 Å². The van der Waals surface area contributed by atoms with Crippen LogP contribution in [0.15, 0.2) is 24.3 Å². The van der Waals surface area contributed by atoms with Gasteiger partial charge in [-0.1, -0.05) is 29.6 Å². The van der Waals surface area contributed by atoms with Crippen LogP contribution in [0.5, 0.6) is 0 Å². The molecular weight excluding hydrogens is 280 g/mol. The molecular formula is C16H22N4S. The van der Waals surface area contributed by atoms with Crippen molar-refractivity contribution in [3.8, 4) is 0 Å². The van der Waals surface area contributed by atoms with Gasteiger partial charge in [-0.05, 0) is 36.5 Å². The lowest BCUT2D eigenvalue weighted by Gasteiger charge is -2.36. The summed E-state index contributed by atoms with van der Waals surface area (Å²) in [5.74, 6) is 0. The Balaban J connectivity index is 1.61. The quantitative estimate of drug-likeness (QED) is 0.869. The summed E-state index contributed by atoms with van der Waals surface area (Å²) in [7, 11) is 0. The molecule has 1 fully saturated rings. The molecule has 0 amide bonds. The molecule has 3 rings (SSSR count). The summed E-state index contributed by atoms with van der Waals surface area (Å²) in [4.78, 5) is 6.33. The van der Waals surface area contributed by atoms with Crippen LogP contribution >= 0.6 is 11.5 Å². The average molecular weight is 302 g/mol. The van der Waals surface area contributed by atoms with Crippen molar-refractivity contribution in [3.05, 3.63) is 40.4 Å². The number of nitrogens with zero attached hydrogens (tertiary/aromatic N) is 4. The number of piperazine rings is 1. The third kappa shape index (κ3) is 3.24. The zero-order chi connectivity index (χ0) is 14.7. The van der Waals surface area contributed by atoms with E-state index >= 15 is 0 Å². The lowest BCUT2D eigenvalue weighted by molar-refractivity contribution is 0.251. The molecule has 0 unspecified atom stereocenters. The van der Waals surface area contributed by atoms with Crippen LogP contribution in [0.1, 0.15) is 23.1 Å². The van der Waals surface area contributed by atoms with Gasteiger partial charge in [-0.2, -0.15) is 0 Å². The predicted octanol–water partition coefficient (Wildman–Crippen LogP) is 2.73. The van der Waals surface area contributed by atoms with Crippen molar-refractivity contribution in [2.75, 3.05) is 31.1 Å². The summed E-state index contributed by atoms with van der Waals surface area (Å²) in [6, 6.07) is 8.78. The van der Waals surface area contributed by atoms with E-state index in [-0.39, 0.29) is 0 Å². The van der Waals surface area contributed by atoms with Crippen LogP contribution in [-0.2, 0) is 13.0 Å². The smallest absolute Gasteiger partial charge is 0.0769 e. The fourth-order valence-corrected chi connectivity index (χ4v) is 3.54. The van der Waals surface area contributed by atoms with E-state index in [2.05, 4.69) is 50.6 Å². The fraction of sp³-hybridized carbons (Fsp3) is 0.500. The second-order valence-electron chi connectivity index (χ2n) is 5.53. The van der Waals surface area contributed by atoms with Crippen molar-refractivity contribution in [3.63, 3.8) is 0 Å². The monoisotopic (exact) mass is 302 g/mol. The summed E-state index contributed by atoms with van der Waals surface area (Å²) in [5, 5.41) is 4.10. The standard InChI is InChI=1S/C16H22N4S/c1-3-14-6-4-5-7-15(14)20-10-8-19(9-11-20)12-16-13(2)17-18-21-16/h4-7H,3,8-12H2,1-2H3. The molecule has 1 aromatic carbocycles. The lowest BCUT2D eigenvalue weighted by atomic mass is 10.1. The first kappa shape index (κ1) is 14.5. The molecule has 2 heterocycles. The van der Waals surface area contributed by atoms with E-state index in [4.69, 9.17) is 0 Å². The normalized spacial score (nSPS) is 16.4. The zero-order valence-electron chi connectivity index (χ0n) is 12.7. The molecule has 1 saturated heterocycles. The third-order valence-corrected chi connectivity index (χ3v) is 5.01. The second kappa shape index (κ2) is 6.54. The maximum atomic E-state index is 4.10. The minimum Gasteiger partial charge on any atom is -0.369 e. The molecule has 2 aromatic rings. The Morgan fingerprint density at radius 2 is 1.90 bits per heavy atom. The van der Waals surface area contributed by atoms with E-state index in [1.54, 1.807) is 0 Å². The first-order valence-corrected chi connectivity index (χ1v) is 8.38. The van der Waals surface area contributed by atoms with Crippen molar-refractivity contribution in [1.29, 1.82) is 0 Å². The highest BCUT2D eigenvalue weighted by Crippen LogP contribution is 2.23. The van der Waals surface area contributed by atoms with E-state index in [9.17, 15) is 0 Å². The number of para-hydroxylation sites is 1. The van der Waals surface area contributed by atoms with Gasteiger partial charge < -0.3 is 4.90 Å². The van der Waals surface area contributed by atoms with Crippen molar-refractivity contribution in [1.82, 2.24) is 14.5 Å². The molecule has 0 saturated carbocycles. The minimum absolute atomic E-state index is 0.993. The van der Waals surface area contributed by atoms with Gasteiger partial charge in [0.05, 0.1) is 10.6 Å². The van der Waals surface area contributed by atoms with E-state index < -0.39 is 0 Å². The highest BCUT2D eigenvalue weighted by molar-refractivity contribution is 7.05. The Morgan fingerprint density at radius 3 is 2.57 bits per heavy atom. The molecule has 21 heavy (non-hydrogen) atoms. The van der Waals surface area contributed by atoms with Gasteiger partial charge in [0, 0.05) is 38.4 Å². The van der Waals surface area contributed by atoms with Crippen LogP contribution in [-0.4, -0.2) is 40.7 Å². The van der Waals surface area contributed by atoms with E-state index in [1.165, 1.54) is 27.7 Å². The van der Waals surface area contributed by atoms with Crippen LogP contribution in [0, 0.1) is 6.92 Å². The summed E-state index contributed by atoms with van der Waals surface area (Å²) in [6.07, 6.45) is 1.10. The maximum Gasteiger partial charge on any atom is 0.0769 e. The van der Waals surface area contributed by atoms with Gasteiger partial charge in [0.25, 0.3) is 0 Å². The topological polar surface area (TPSA) is 32.3 Å². The van der Waals surface area contributed by atoms with Crippen LogP contribution in [0.4, 0.5) is 5.69 Å². The SMILES string of the molecule is CCc1ccccc1N1CCN(Cc2snnc2C)CC1. The first-order valence-electron chi connectivity index (χ1n) is 7.61. The molecule has 0 bridgehead atoms. The van der Waals surface area contributed by atoms with E-state index in [1.807, 2.05) is 6.92 Å². The summed E-state index contributed by atoms with van der Waals surface area (Å²) >= 11 is 1.53. The van der Waals surface area contributed by atoms with Gasteiger partial charge in [-0.3, -0.25) is 4.90 Å². The molecule has 1 aliphatic heterocycles. The predicted molar refractivity (Wildman–Crippen MR) is 88.0 cm³/mol.